The molecule has 2 aliphatic heterocycles. The molecule has 8 nitrogen and oxygen atoms in total. The molecule has 5 rings (SSSR count). The minimum Gasteiger partial charge on any atom is -0.507 e. The first-order chi connectivity index (χ1) is 14.1. The average molecular weight is 392 g/mol. The Bertz CT molecular complexity index is 1020. The van der Waals surface area contributed by atoms with E-state index in [0.717, 1.165) is 24.2 Å². The van der Waals surface area contributed by atoms with Crippen LogP contribution in [0.4, 0.5) is 5.69 Å². The summed E-state index contributed by atoms with van der Waals surface area (Å²) in [5.41, 5.74) is 9.21. The van der Waals surface area contributed by atoms with Crippen molar-refractivity contribution < 1.29 is 9.84 Å². The Morgan fingerprint density at radius 2 is 1.93 bits per heavy atom. The number of rotatable bonds is 4. The SMILES string of the molecule is Cc1c(N)cnn1-c1ccc(-c2ccc(OC3CC4CCC(C3)N4)nn2)c(O)c1. The van der Waals surface area contributed by atoms with Gasteiger partial charge in [-0.05, 0) is 50.8 Å². The summed E-state index contributed by atoms with van der Waals surface area (Å²) in [7, 11) is 0. The first-order valence-corrected chi connectivity index (χ1v) is 9.97. The Labute approximate surface area is 168 Å². The van der Waals surface area contributed by atoms with Crippen LogP contribution in [0.15, 0.2) is 36.5 Å². The molecule has 0 radical (unpaired) electrons. The molecule has 1 aromatic carbocycles. The number of nitrogens with zero attached hydrogens (tertiary/aromatic N) is 4. The number of aromatic hydroxyl groups is 1. The molecule has 2 bridgehead atoms. The first-order valence-electron chi connectivity index (χ1n) is 9.97. The van der Waals surface area contributed by atoms with Gasteiger partial charge in [-0.2, -0.15) is 5.10 Å². The Balaban J connectivity index is 1.32. The topological polar surface area (TPSA) is 111 Å². The summed E-state index contributed by atoms with van der Waals surface area (Å²) in [4.78, 5) is 0. The molecule has 2 unspecified atom stereocenters. The van der Waals surface area contributed by atoms with Crippen molar-refractivity contribution in [3.63, 3.8) is 0 Å². The van der Waals surface area contributed by atoms with Gasteiger partial charge in [-0.15, -0.1) is 10.2 Å². The summed E-state index contributed by atoms with van der Waals surface area (Å²) in [6.45, 7) is 1.88. The number of piperidine rings is 1. The number of nitrogens with one attached hydrogen (secondary N) is 1. The molecule has 2 aromatic heterocycles. The van der Waals surface area contributed by atoms with Crippen LogP contribution in [0.5, 0.6) is 11.6 Å². The molecular formula is C21H24N6O2. The van der Waals surface area contributed by atoms with Crippen LogP contribution in [0.1, 0.15) is 31.4 Å². The van der Waals surface area contributed by atoms with Crippen LogP contribution < -0.4 is 15.8 Å². The van der Waals surface area contributed by atoms with E-state index in [1.54, 1.807) is 23.0 Å². The van der Waals surface area contributed by atoms with E-state index >= 15 is 0 Å². The molecule has 0 spiro atoms. The summed E-state index contributed by atoms with van der Waals surface area (Å²) in [6, 6.07) is 10.1. The Kier molecular flexibility index (Phi) is 4.35. The molecule has 4 heterocycles. The summed E-state index contributed by atoms with van der Waals surface area (Å²) >= 11 is 0. The van der Waals surface area contributed by atoms with Gasteiger partial charge in [-0.1, -0.05) is 0 Å². The number of hydrogen-bond acceptors (Lipinski definition) is 7. The largest absolute Gasteiger partial charge is 0.507 e. The second kappa shape index (κ2) is 7.04. The number of benzene rings is 1. The van der Waals surface area contributed by atoms with Crippen molar-refractivity contribution in [1.29, 1.82) is 0 Å². The Morgan fingerprint density at radius 3 is 2.55 bits per heavy atom. The number of nitrogen functional groups attached to an aromatic ring is 1. The third kappa shape index (κ3) is 3.40. The monoisotopic (exact) mass is 392 g/mol. The van der Waals surface area contributed by atoms with E-state index in [9.17, 15) is 5.11 Å². The van der Waals surface area contributed by atoms with Gasteiger partial charge in [0.1, 0.15) is 11.9 Å². The van der Waals surface area contributed by atoms with Crippen LogP contribution >= 0.6 is 0 Å². The van der Waals surface area contributed by atoms with E-state index in [2.05, 4.69) is 20.6 Å². The molecule has 2 atom stereocenters. The van der Waals surface area contributed by atoms with Gasteiger partial charge in [0.2, 0.25) is 5.88 Å². The molecule has 29 heavy (non-hydrogen) atoms. The summed E-state index contributed by atoms with van der Waals surface area (Å²) < 4.78 is 7.74. The Morgan fingerprint density at radius 1 is 1.14 bits per heavy atom. The summed E-state index contributed by atoms with van der Waals surface area (Å²) in [5, 5.41) is 26.9. The van der Waals surface area contributed by atoms with Crippen molar-refractivity contribution >= 4 is 5.69 Å². The minimum absolute atomic E-state index is 0.105. The predicted molar refractivity (Wildman–Crippen MR) is 109 cm³/mol. The minimum atomic E-state index is 0.105. The summed E-state index contributed by atoms with van der Waals surface area (Å²) in [5.74, 6) is 0.632. The van der Waals surface area contributed by atoms with Gasteiger partial charge >= 0.3 is 0 Å². The molecule has 2 saturated heterocycles. The van der Waals surface area contributed by atoms with E-state index in [-0.39, 0.29) is 11.9 Å². The van der Waals surface area contributed by atoms with Crippen molar-refractivity contribution in [2.24, 2.45) is 0 Å². The molecule has 2 fully saturated rings. The lowest BCUT2D eigenvalue weighted by atomic mass is 10.0. The van der Waals surface area contributed by atoms with Gasteiger partial charge in [-0.25, -0.2) is 4.68 Å². The molecular weight excluding hydrogens is 368 g/mol. The van der Waals surface area contributed by atoms with Gasteiger partial charge in [-0.3, -0.25) is 0 Å². The zero-order chi connectivity index (χ0) is 20.0. The van der Waals surface area contributed by atoms with E-state index in [4.69, 9.17) is 10.5 Å². The van der Waals surface area contributed by atoms with E-state index in [1.807, 2.05) is 25.1 Å². The third-order valence-electron chi connectivity index (χ3n) is 5.91. The van der Waals surface area contributed by atoms with E-state index < -0.39 is 0 Å². The van der Waals surface area contributed by atoms with Crippen molar-refractivity contribution in [1.82, 2.24) is 25.3 Å². The van der Waals surface area contributed by atoms with Crippen LogP contribution in [0.25, 0.3) is 16.9 Å². The van der Waals surface area contributed by atoms with Crippen LogP contribution in [-0.4, -0.2) is 43.3 Å². The fourth-order valence-corrected chi connectivity index (χ4v) is 4.35. The van der Waals surface area contributed by atoms with Gasteiger partial charge in [0.25, 0.3) is 0 Å². The molecule has 0 aliphatic carbocycles. The van der Waals surface area contributed by atoms with Crippen molar-refractivity contribution in [2.45, 2.75) is 50.8 Å². The second-order valence-corrected chi connectivity index (χ2v) is 7.90. The van der Waals surface area contributed by atoms with Crippen LogP contribution in [0.3, 0.4) is 0 Å². The Hall–Kier alpha value is -3.13. The lowest BCUT2D eigenvalue weighted by molar-refractivity contribution is 0.130. The highest BCUT2D eigenvalue weighted by atomic mass is 16.5. The second-order valence-electron chi connectivity index (χ2n) is 7.90. The average Bonchev–Trinajstić information content (AvgIpc) is 3.23. The zero-order valence-corrected chi connectivity index (χ0v) is 16.2. The van der Waals surface area contributed by atoms with Crippen molar-refractivity contribution in [3.05, 3.63) is 42.2 Å². The molecule has 4 N–H and O–H groups in total. The molecule has 3 aromatic rings. The fourth-order valence-electron chi connectivity index (χ4n) is 4.35. The maximum atomic E-state index is 10.5. The number of anilines is 1. The standard InChI is InChI=1S/C21H24N6O2/c1-12-18(22)11-23-27(12)15-4-5-17(20(28)10-15)19-6-7-21(26-25-19)29-16-8-13-2-3-14(9-16)24-13/h4-7,10-11,13-14,16,24,28H,2-3,8-9,22H2,1H3. The van der Waals surface area contributed by atoms with E-state index in [1.165, 1.54) is 12.8 Å². The molecule has 2 aliphatic rings. The number of fused-ring (bicyclic) bond motifs is 2. The lowest BCUT2D eigenvalue weighted by Crippen LogP contribution is -2.42. The van der Waals surface area contributed by atoms with Crippen molar-refractivity contribution in [2.75, 3.05) is 5.73 Å². The number of ether oxygens (including phenoxy) is 1. The third-order valence-corrected chi connectivity index (χ3v) is 5.91. The zero-order valence-electron chi connectivity index (χ0n) is 16.2. The molecule has 8 heteroatoms. The maximum Gasteiger partial charge on any atom is 0.233 e. The van der Waals surface area contributed by atoms with Crippen LogP contribution in [0, 0.1) is 6.92 Å². The fraction of sp³-hybridized carbons (Fsp3) is 0.381. The van der Waals surface area contributed by atoms with Crippen LogP contribution in [-0.2, 0) is 0 Å². The highest BCUT2D eigenvalue weighted by molar-refractivity contribution is 5.68. The molecule has 0 amide bonds. The molecule has 0 saturated carbocycles. The number of nitrogens with two attached hydrogens (primary N) is 1. The predicted octanol–water partition coefficient (Wildman–Crippen LogP) is 2.59. The van der Waals surface area contributed by atoms with Gasteiger partial charge in [0, 0.05) is 29.8 Å². The maximum absolute atomic E-state index is 10.5. The quantitative estimate of drug-likeness (QED) is 0.626. The smallest absolute Gasteiger partial charge is 0.233 e. The highest BCUT2D eigenvalue weighted by Gasteiger charge is 2.34. The van der Waals surface area contributed by atoms with Gasteiger partial charge in [0.15, 0.2) is 0 Å². The number of phenolic OH excluding ortho intramolecular Hbond substituents is 1. The first kappa shape index (κ1) is 17.9. The highest BCUT2D eigenvalue weighted by Crippen LogP contribution is 2.32. The van der Waals surface area contributed by atoms with Crippen molar-refractivity contribution in [3.8, 4) is 28.6 Å². The van der Waals surface area contributed by atoms with Gasteiger partial charge < -0.3 is 20.9 Å². The van der Waals surface area contributed by atoms with E-state index in [0.29, 0.717) is 34.9 Å². The number of phenols is 1. The lowest BCUT2D eigenvalue weighted by Gasteiger charge is -2.28. The molecule has 150 valence electrons. The van der Waals surface area contributed by atoms with Crippen LogP contribution in [0.2, 0.25) is 0 Å². The number of hydrogen-bond donors (Lipinski definition) is 3. The summed E-state index contributed by atoms with van der Waals surface area (Å²) in [6.07, 6.45) is 6.27. The number of aromatic nitrogens is 4. The van der Waals surface area contributed by atoms with Gasteiger partial charge in [0.05, 0.1) is 29.0 Å². The normalized spacial score (nSPS) is 23.3.